The van der Waals surface area contributed by atoms with Crippen molar-refractivity contribution >= 4 is 35.4 Å². The number of aryl methyl sites for hydroxylation is 1. The molecule has 1 atom stereocenters. The number of nitrogens with two attached hydrogens (primary N) is 1. The Morgan fingerprint density at radius 2 is 1.86 bits per heavy atom. The van der Waals surface area contributed by atoms with Crippen molar-refractivity contribution in [1.82, 2.24) is 10.3 Å². The molecule has 0 aliphatic rings. The Balaban J connectivity index is 0.000000278. The van der Waals surface area contributed by atoms with Crippen LogP contribution in [0.3, 0.4) is 0 Å². The molecule has 0 bridgehead atoms. The predicted molar refractivity (Wildman–Crippen MR) is 119 cm³/mol. The van der Waals surface area contributed by atoms with E-state index >= 15 is 0 Å². The highest BCUT2D eigenvalue weighted by Gasteiger charge is 2.21. The number of para-hydroxylation sites is 1. The third-order valence-electron chi connectivity index (χ3n) is 4.43. The zero-order valence-corrected chi connectivity index (χ0v) is 17.3. The smallest absolute Gasteiger partial charge is 0.326 e. The number of amides is 1. The number of aliphatic carboxylic acids is 1. The van der Waals surface area contributed by atoms with E-state index in [1.54, 1.807) is 6.20 Å². The van der Waals surface area contributed by atoms with Gasteiger partial charge >= 0.3 is 5.97 Å². The van der Waals surface area contributed by atoms with Gasteiger partial charge < -0.3 is 21.1 Å². The number of benzene rings is 2. The summed E-state index contributed by atoms with van der Waals surface area (Å²) in [6, 6.07) is 15.0. The predicted octanol–water partition coefficient (Wildman–Crippen LogP) is 3.05. The van der Waals surface area contributed by atoms with Crippen LogP contribution in [0.25, 0.3) is 10.9 Å². The Morgan fingerprint density at radius 1 is 1.17 bits per heavy atom. The van der Waals surface area contributed by atoms with Gasteiger partial charge in [0, 0.05) is 36.5 Å². The molecule has 0 saturated heterocycles. The molecule has 3 rings (SSSR count). The molecule has 5 N–H and O–H groups in total. The third kappa shape index (κ3) is 6.96. The average molecular weight is 414 g/mol. The van der Waals surface area contributed by atoms with E-state index in [0.29, 0.717) is 12.3 Å². The number of hydrogen-bond donors (Lipinski definition) is 5. The monoisotopic (exact) mass is 413 g/mol. The minimum atomic E-state index is -1.04. The summed E-state index contributed by atoms with van der Waals surface area (Å²) in [5.74, 6) is -0.944. The van der Waals surface area contributed by atoms with Crippen molar-refractivity contribution < 1.29 is 14.7 Å². The Hall–Kier alpha value is -2.77. The maximum Gasteiger partial charge on any atom is 0.326 e. The van der Waals surface area contributed by atoms with E-state index in [-0.39, 0.29) is 18.7 Å². The zero-order chi connectivity index (χ0) is 21.2. The number of carboxylic acids is 1. The molecular weight excluding hydrogens is 386 g/mol. The van der Waals surface area contributed by atoms with Crippen LogP contribution in [0.15, 0.2) is 54.7 Å². The summed E-state index contributed by atoms with van der Waals surface area (Å²) in [5, 5.41) is 12.7. The van der Waals surface area contributed by atoms with Gasteiger partial charge in [-0.25, -0.2) is 4.79 Å². The lowest BCUT2D eigenvalue weighted by atomic mass is 10.0. The van der Waals surface area contributed by atoms with E-state index in [9.17, 15) is 14.7 Å². The first kappa shape index (κ1) is 22.5. The molecule has 0 spiro atoms. The quantitative estimate of drug-likeness (QED) is 0.384. The Kier molecular flexibility index (Phi) is 8.76. The van der Waals surface area contributed by atoms with Gasteiger partial charge in [0.15, 0.2) is 0 Å². The van der Waals surface area contributed by atoms with Crippen LogP contribution in [0, 0.1) is 6.92 Å². The van der Waals surface area contributed by atoms with E-state index in [0.717, 1.165) is 16.5 Å². The maximum absolute atomic E-state index is 11.5. The molecular formula is C22H27N3O3S. The van der Waals surface area contributed by atoms with E-state index in [2.05, 4.69) is 54.1 Å². The van der Waals surface area contributed by atoms with Crippen LogP contribution in [0.2, 0.25) is 0 Å². The Morgan fingerprint density at radius 3 is 2.48 bits per heavy atom. The average Bonchev–Trinajstić information content (AvgIpc) is 3.12. The minimum absolute atomic E-state index is 0.209. The van der Waals surface area contributed by atoms with E-state index in [1.807, 2.05) is 24.3 Å². The van der Waals surface area contributed by atoms with Gasteiger partial charge in [0.05, 0.1) is 0 Å². The van der Waals surface area contributed by atoms with Crippen LogP contribution in [0.5, 0.6) is 0 Å². The van der Waals surface area contributed by atoms with Gasteiger partial charge in [0.25, 0.3) is 0 Å². The summed E-state index contributed by atoms with van der Waals surface area (Å²) in [6.45, 7) is 2.71. The standard InChI is InChI=1S/C14H16N2O3S.C8H11N/c17-13(5-6-20)16-12(14(18)19)7-9-8-15-11-4-2-1-3-10(9)11;1-7-2-4-8(6-9)5-3-7/h1-4,8,12,15,20H,5-7H2,(H,16,17)(H,18,19);2-5H,6,9H2,1H3/t12-;/m0./s1. The second kappa shape index (κ2) is 11.3. The lowest BCUT2D eigenvalue weighted by molar-refractivity contribution is -0.141. The van der Waals surface area contributed by atoms with Crippen molar-refractivity contribution in [2.24, 2.45) is 5.73 Å². The van der Waals surface area contributed by atoms with Crippen LogP contribution in [-0.4, -0.2) is 33.8 Å². The second-order valence-electron chi connectivity index (χ2n) is 6.69. The first-order valence-corrected chi connectivity index (χ1v) is 10.0. The molecule has 0 radical (unpaired) electrons. The van der Waals surface area contributed by atoms with Crippen molar-refractivity contribution in [2.75, 3.05) is 5.75 Å². The molecule has 154 valence electrons. The third-order valence-corrected chi connectivity index (χ3v) is 4.65. The van der Waals surface area contributed by atoms with Crippen molar-refractivity contribution in [3.63, 3.8) is 0 Å². The number of aromatic amines is 1. The highest BCUT2D eigenvalue weighted by atomic mass is 32.1. The molecule has 0 unspecified atom stereocenters. The van der Waals surface area contributed by atoms with Crippen molar-refractivity contribution in [3.05, 3.63) is 71.4 Å². The molecule has 3 aromatic rings. The number of carbonyl (C=O) groups is 2. The van der Waals surface area contributed by atoms with Gasteiger partial charge in [-0.3, -0.25) is 4.79 Å². The summed E-state index contributed by atoms with van der Waals surface area (Å²) in [6.07, 6.45) is 2.24. The molecule has 1 amide bonds. The normalized spacial score (nSPS) is 11.4. The number of carboxylic acid groups (broad SMARTS) is 1. The van der Waals surface area contributed by atoms with Gasteiger partial charge in [-0.1, -0.05) is 48.0 Å². The van der Waals surface area contributed by atoms with Crippen LogP contribution in [-0.2, 0) is 22.6 Å². The van der Waals surface area contributed by atoms with Crippen molar-refractivity contribution in [3.8, 4) is 0 Å². The van der Waals surface area contributed by atoms with E-state index in [4.69, 9.17) is 5.73 Å². The molecule has 2 aromatic carbocycles. The number of H-pyrrole nitrogens is 1. The van der Waals surface area contributed by atoms with Gasteiger partial charge in [-0.15, -0.1) is 0 Å². The fourth-order valence-electron chi connectivity index (χ4n) is 2.81. The molecule has 1 aromatic heterocycles. The molecule has 29 heavy (non-hydrogen) atoms. The molecule has 6 nitrogen and oxygen atoms in total. The SMILES string of the molecule is Cc1ccc(CN)cc1.O=C(CCS)N[C@@H](Cc1c[nH]c2ccccc12)C(=O)O. The molecule has 1 heterocycles. The summed E-state index contributed by atoms with van der Waals surface area (Å²) >= 11 is 3.96. The number of aromatic nitrogens is 1. The number of fused-ring (bicyclic) bond motifs is 1. The summed E-state index contributed by atoms with van der Waals surface area (Å²) in [7, 11) is 0. The fraction of sp³-hybridized carbons (Fsp3) is 0.273. The van der Waals surface area contributed by atoms with Gasteiger partial charge in [-0.2, -0.15) is 12.6 Å². The largest absolute Gasteiger partial charge is 0.480 e. The second-order valence-corrected chi connectivity index (χ2v) is 7.13. The van der Waals surface area contributed by atoms with Gasteiger partial charge in [0.1, 0.15) is 6.04 Å². The summed E-state index contributed by atoms with van der Waals surface area (Å²) in [4.78, 5) is 25.9. The Labute approximate surface area is 175 Å². The maximum atomic E-state index is 11.5. The lowest BCUT2D eigenvalue weighted by Gasteiger charge is -2.13. The van der Waals surface area contributed by atoms with Crippen LogP contribution >= 0.6 is 12.6 Å². The van der Waals surface area contributed by atoms with Crippen molar-refractivity contribution in [1.29, 1.82) is 0 Å². The topological polar surface area (TPSA) is 108 Å². The lowest BCUT2D eigenvalue weighted by Crippen LogP contribution is -2.42. The number of rotatable bonds is 7. The molecule has 0 fully saturated rings. The van der Waals surface area contributed by atoms with Crippen LogP contribution in [0.4, 0.5) is 0 Å². The van der Waals surface area contributed by atoms with Gasteiger partial charge in [0.2, 0.25) is 5.91 Å². The van der Waals surface area contributed by atoms with E-state index < -0.39 is 12.0 Å². The molecule has 7 heteroatoms. The van der Waals surface area contributed by atoms with Crippen molar-refractivity contribution in [2.45, 2.75) is 32.4 Å². The number of thiol groups is 1. The molecule has 0 aliphatic carbocycles. The first-order valence-electron chi connectivity index (χ1n) is 9.38. The Bertz CT molecular complexity index is 938. The minimum Gasteiger partial charge on any atom is -0.480 e. The fourth-order valence-corrected chi connectivity index (χ4v) is 3.02. The number of hydrogen-bond acceptors (Lipinski definition) is 4. The first-order chi connectivity index (χ1) is 13.9. The summed E-state index contributed by atoms with van der Waals surface area (Å²) in [5.41, 5.74) is 9.71. The van der Waals surface area contributed by atoms with Crippen LogP contribution < -0.4 is 11.1 Å². The molecule has 0 aliphatic heterocycles. The number of carbonyl (C=O) groups excluding carboxylic acids is 1. The molecule has 0 saturated carbocycles. The highest BCUT2D eigenvalue weighted by Crippen LogP contribution is 2.19. The van der Waals surface area contributed by atoms with Crippen LogP contribution in [0.1, 0.15) is 23.1 Å². The van der Waals surface area contributed by atoms with E-state index in [1.165, 1.54) is 11.1 Å². The summed E-state index contributed by atoms with van der Waals surface area (Å²) < 4.78 is 0. The highest BCUT2D eigenvalue weighted by molar-refractivity contribution is 7.80. The van der Waals surface area contributed by atoms with Gasteiger partial charge in [-0.05, 0) is 29.9 Å². The number of nitrogens with one attached hydrogen (secondary N) is 2. The zero-order valence-electron chi connectivity index (χ0n) is 16.4.